The van der Waals surface area contributed by atoms with Gasteiger partial charge in [0.1, 0.15) is 5.82 Å². The van der Waals surface area contributed by atoms with E-state index in [1.807, 2.05) is 35.7 Å². The summed E-state index contributed by atoms with van der Waals surface area (Å²) in [6, 6.07) is 14.3. The quantitative estimate of drug-likeness (QED) is 0.522. The number of hydrogen-bond acceptors (Lipinski definition) is 2. The highest BCUT2D eigenvalue weighted by Crippen LogP contribution is 2.30. The maximum atomic E-state index is 13.8. The van der Waals surface area contributed by atoms with E-state index >= 15 is 0 Å². The molecule has 5 heteroatoms. The molecule has 116 valence electrons. The molecule has 3 aromatic rings. The van der Waals surface area contributed by atoms with Crippen LogP contribution >= 0.6 is 33.9 Å². The Morgan fingerprint density at radius 3 is 2.65 bits per heavy atom. The minimum atomic E-state index is -0.254. The molecule has 0 aliphatic rings. The zero-order valence-electron chi connectivity index (χ0n) is 12.3. The Kier molecular flexibility index (Phi) is 4.77. The van der Waals surface area contributed by atoms with Crippen LogP contribution in [0.25, 0.3) is 11.1 Å². The number of anilines is 1. The van der Waals surface area contributed by atoms with E-state index in [9.17, 15) is 9.18 Å². The van der Waals surface area contributed by atoms with Crippen LogP contribution in [0.1, 0.15) is 15.9 Å². The van der Waals surface area contributed by atoms with Gasteiger partial charge in [0.05, 0.1) is 8.45 Å². The molecule has 1 aromatic heterocycles. The lowest BCUT2D eigenvalue weighted by molar-refractivity contribution is 0.102. The van der Waals surface area contributed by atoms with Crippen molar-refractivity contribution < 1.29 is 9.18 Å². The fraction of sp³-hybridized carbons (Fsp3) is 0.0556. The van der Waals surface area contributed by atoms with E-state index in [4.69, 9.17) is 0 Å². The third-order valence-electron chi connectivity index (χ3n) is 3.52. The second-order valence-electron chi connectivity index (χ2n) is 5.07. The predicted molar refractivity (Wildman–Crippen MR) is 102 cm³/mol. The van der Waals surface area contributed by atoms with Crippen molar-refractivity contribution in [2.24, 2.45) is 0 Å². The highest BCUT2D eigenvalue weighted by molar-refractivity contribution is 14.1. The summed E-state index contributed by atoms with van der Waals surface area (Å²) >= 11 is 3.67. The molecule has 23 heavy (non-hydrogen) atoms. The van der Waals surface area contributed by atoms with E-state index in [2.05, 4.69) is 27.9 Å². The first kappa shape index (κ1) is 16.1. The molecule has 2 nitrogen and oxygen atoms in total. The molecule has 0 atom stereocenters. The SMILES string of the molecule is Cc1ccc(-c2ccccc2NC(=O)c2ccsc2I)cc1F. The summed E-state index contributed by atoms with van der Waals surface area (Å²) in [6.07, 6.45) is 0. The molecule has 1 heterocycles. The lowest BCUT2D eigenvalue weighted by Crippen LogP contribution is -2.12. The fourth-order valence-corrected chi connectivity index (χ4v) is 3.73. The third-order valence-corrected chi connectivity index (χ3v) is 5.56. The van der Waals surface area contributed by atoms with Gasteiger partial charge in [0.25, 0.3) is 5.91 Å². The second-order valence-corrected chi connectivity index (χ2v) is 7.80. The first-order chi connectivity index (χ1) is 11.1. The lowest BCUT2D eigenvalue weighted by Gasteiger charge is -2.12. The van der Waals surface area contributed by atoms with Crippen LogP contribution in [0.3, 0.4) is 0 Å². The molecule has 1 amide bonds. The van der Waals surface area contributed by atoms with Crippen molar-refractivity contribution in [3.05, 3.63) is 73.7 Å². The van der Waals surface area contributed by atoms with E-state index < -0.39 is 0 Å². The van der Waals surface area contributed by atoms with Crippen LogP contribution in [0.15, 0.2) is 53.9 Å². The van der Waals surface area contributed by atoms with Gasteiger partial charge in [0, 0.05) is 11.3 Å². The molecule has 0 unspecified atom stereocenters. The van der Waals surface area contributed by atoms with Crippen molar-refractivity contribution in [1.82, 2.24) is 0 Å². The normalized spacial score (nSPS) is 10.6. The molecule has 0 saturated heterocycles. The van der Waals surface area contributed by atoms with Crippen LogP contribution in [-0.2, 0) is 0 Å². The second kappa shape index (κ2) is 6.80. The number of aryl methyl sites for hydroxylation is 1. The molecule has 0 aliphatic heterocycles. The molecule has 0 radical (unpaired) electrons. The van der Waals surface area contributed by atoms with E-state index in [0.717, 1.165) is 14.0 Å². The van der Waals surface area contributed by atoms with E-state index in [0.29, 0.717) is 16.8 Å². The van der Waals surface area contributed by atoms with Gasteiger partial charge in [-0.1, -0.05) is 30.3 Å². The number of benzene rings is 2. The molecule has 0 saturated carbocycles. The Morgan fingerprint density at radius 2 is 1.96 bits per heavy atom. The summed E-state index contributed by atoms with van der Waals surface area (Å²) in [5.74, 6) is -0.410. The Morgan fingerprint density at radius 1 is 1.17 bits per heavy atom. The van der Waals surface area contributed by atoms with Crippen molar-refractivity contribution in [3.63, 3.8) is 0 Å². The molecule has 0 spiro atoms. The zero-order valence-corrected chi connectivity index (χ0v) is 15.2. The minimum absolute atomic E-state index is 0.157. The standard InChI is InChI=1S/C18H13FINOS/c1-11-6-7-12(10-15(11)19)13-4-2-3-5-16(13)21-18(22)14-8-9-23-17(14)20/h2-10H,1H3,(H,21,22). The number of halogens is 2. The van der Waals surface area contributed by atoms with Gasteiger partial charge in [0.2, 0.25) is 0 Å². The topological polar surface area (TPSA) is 29.1 Å². The molecular weight excluding hydrogens is 424 g/mol. The van der Waals surface area contributed by atoms with Crippen molar-refractivity contribution >= 4 is 45.5 Å². The maximum Gasteiger partial charge on any atom is 0.257 e. The number of amides is 1. The van der Waals surface area contributed by atoms with Crippen LogP contribution in [0.2, 0.25) is 0 Å². The summed E-state index contributed by atoms with van der Waals surface area (Å²) < 4.78 is 14.8. The highest BCUT2D eigenvalue weighted by Gasteiger charge is 2.14. The molecule has 3 rings (SSSR count). The Bertz CT molecular complexity index is 875. The van der Waals surface area contributed by atoms with Gasteiger partial charge < -0.3 is 5.32 Å². The summed E-state index contributed by atoms with van der Waals surface area (Å²) in [4.78, 5) is 12.4. The Labute approximate surface area is 151 Å². The predicted octanol–water partition coefficient (Wildman–Crippen LogP) is 5.72. The third kappa shape index (κ3) is 3.45. The van der Waals surface area contributed by atoms with Crippen LogP contribution < -0.4 is 5.32 Å². The van der Waals surface area contributed by atoms with Gasteiger partial charge in [-0.2, -0.15) is 0 Å². The van der Waals surface area contributed by atoms with E-state index in [-0.39, 0.29) is 11.7 Å². The Balaban J connectivity index is 1.96. The van der Waals surface area contributed by atoms with E-state index in [1.165, 1.54) is 17.4 Å². The molecular formula is C18H13FINOS. The number of carbonyl (C=O) groups is 1. The summed E-state index contributed by atoms with van der Waals surface area (Å²) in [6.45, 7) is 1.73. The van der Waals surface area contributed by atoms with Gasteiger partial charge >= 0.3 is 0 Å². The first-order valence-corrected chi connectivity index (χ1v) is 8.92. The van der Waals surface area contributed by atoms with Crippen molar-refractivity contribution in [3.8, 4) is 11.1 Å². The molecule has 1 N–H and O–H groups in total. The highest BCUT2D eigenvalue weighted by atomic mass is 127. The lowest BCUT2D eigenvalue weighted by atomic mass is 10.0. The van der Waals surface area contributed by atoms with Crippen LogP contribution in [0.4, 0.5) is 10.1 Å². The molecule has 0 bridgehead atoms. The molecule has 2 aromatic carbocycles. The largest absolute Gasteiger partial charge is 0.321 e. The number of nitrogens with one attached hydrogen (secondary N) is 1. The van der Waals surface area contributed by atoms with Crippen LogP contribution in [0, 0.1) is 15.6 Å². The minimum Gasteiger partial charge on any atom is -0.321 e. The molecule has 0 aliphatic carbocycles. The average Bonchev–Trinajstić information content (AvgIpc) is 2.97. The van der Waals surface area contributed by atoms with Crippen LogP contribution in [-0.4, -0.2) is 5.91 Å². The number of para-hydroxylation sites is 1. The van der Waals surface area contributed by atoms with Crippen molar-refractivity contribution in [1.29, 1.82) is 0 Å². The first-order valence-electron chi connectivity index (χ1n) is 6.96. The number of hydrogen-bond donors (Lipinski definition) is 1. The van der Waals surface area contributed by atoms with Crippen molar-refractivity contribution in [2.45, 2.75) is 6.92 Å². The zero-order chi connectivity index (χ0) is 16.4. The van der Waals surface area contributed by atoms with Gasteiger partial charge in [-0.05, 0) is 64.2 Å². The monoisotopic (exact) mass is 437 g/mol. The summed E-state index contributed by atoms with van der Waals surface area (Å²) in [5.41, 5.74) is 3.46. The van der Waals surface area contributed by atoms with Gasteiger partial charge in [-0.15, -0.1) is 11.3 Å². The molecule has 0 fully saturated rings. The average molecular weight is 437 g/mol. The van der Waals surface area contributed by atoms with Gasteiger partial charge in [0.15, 0.2) is 0 Å². The number of rotatable bonds is 3. The van der Waals surface area contributed by atoms with E-state index in [1.54, 1.807) is 19.1 Å². The van der Waals surface area contributed by atoms with Gasteiger partial charge in [-0.25, -0.2) is 4.39 Å². The maximum absolute atomic E-state index is 13.8. The van der Waals surface area contributed by atoms with Crippen molar-refractivity contribution in [2.75, 3.05) is 5.32 Å². The summed E-state index contributed by atoms with van der Waals surface area (Å²) in [5, 5.41) is 4.81. The smallest absolute Gasteiger partial charge is 0.257 e. The van der Waals surface area contributed by atoms with Crippen LogP contribution in [0.5, 0.6) is 0 Å². The van der Waals surface area contributed by atoms with Gasteiger partial charge in [-0.3, -0.25) is 4.79 Å². The summed E-state index contributed by atoms with van der Waals surface area (Å²) in [7, 11) is 0. The Hall–Kier alpha value is -1.73. The fourth-order valence-electron chi connectivity index (χ4n) is 2.25. The number of thiophene rings is 1. The number of carbonyl (C=O) groups excluding carboxylic acids is 1.